The Bertz CT molecular complexity index is 690. The van der Waals surface area contributed by atoms with Crippen molar-refractivity contribution in [2.45, 2.75) is 60.0 Å². The standard InChI is InChI=1S/C21H30N2O3/c1-5-7-10-17(6-2)13-22-21(24)18-11-8-9-12-20(18)25-14-19-15(3)23-26-16(19)4/h8-9,11-12,17H,5-7,10,13-14H2,1-4H3,(H,22,24). The predicted molar refractivity (Wildman–Crippen MR) is 102 cm³/mol. The number of rotatable bonds is 10. The van der Waals surface area contributed by atoms with Gasteiger partial charge in [-0.1, -0.05) is 50.4 Å². The van der Waals surface area contributed by atoms with E-state index in [0.29, 0.717) is 30.4 Å². The first-order valence-corrected chi connectivity index (χ1v) is 9.48. The minimum absolute atomic E-state index is 0.0886. The van der Waals surface area contributed by atoms with Gasteiger partial charge in [-0.25, -0.2) is 0 Å². The maximum absolute atomic E-state index is 12.6. The molecule has 0 saturated heterocycles. The molecule has 2 aromatic rings. The smallest absolute Gasteiger partial charge is 0.255 e. The third kappa shape index (κ3) is 5.35. The van der Waals surface area contributed by atoms with Crippen LogP contribution in [0.25, 0.3) is 0 Å². The molecule has 0 radical (unpaired) electrons. The summed E-state index contributed by atoms with van der Waals surface area (Å²) >= 11 is 0. The average Bonchev–Trinajstić information content (AvgIpc) is 2.98. The number of ether oxygens (including phenoxy) is 1. The van der Waals surface area contributed by atoms with Crippen LogP contribution in [-0.4, -0.2) is 17.6 Å². The van der Waals surface area contributed by atoms with Crippen LogP contribution in [0.2, 0.25) is 0 Å². The normalized spacial score (nSPS) is 12.0. The molecule has 1 amide bonds. The second kappa shape index (κ2) is 10.00. The van der Waals surface area contributed by atoms with Crippen molar-refractivity contribution in [1.82, 2.24) is 10.5 Å². The van der Waals surface area contributed by atoms with Crippen LogP contribution >= 0.6 is 0 Å². The highest BCUT2D eigenvalue weighted by Crippen LogP contribution is 2.22. The topological polar surface area (TPSA) is 64.4 Å². The Morgan fingerprint density at radius 3 is 2.69 bits per heavy atom. The van der Waals surface area contributed by atoms with Gasteiger partial charge in [0.05, 0.1) is 16.8 Å². The third-order valence-electron chi connectivity index (χ3n) is 4.78. The molecule has 1 heterocycles. The molecule has 1 aromatic carbocycles. The number of hydrogen-bond acceptors (Lipinski definition) is 4. The van der Waals surface area contributed by atoms with E-state index in [1.54, 1.807) is 6.07 Å². The van der Waals surface area contributed by atoms with E-state index in [1.807, 2.05) is 32.0 Å². The quantitative estimate of drug-likeness (QED) is 0.661. The minimum atomic E-state index is -0.0886. The van der Waals surface area contributed by atoms with Gasteiger partial charge in [0.2, 0.25) is 0 Å². The summed E-state index contributed by atoms with van der Waals surface area (Å²) in [6, 6.07) is 7.34. The van der Waals surface area contributed by atoms with Gasteiger partial charge in [-0.15, -0.1) is 0 Å². The van der Waals surface area contributed by atoms with E-state index in [-0.39, 0.29) is 5.91 Å². The zero-order valence-electron chi connectivity index (χ0n) is 16.3. The molecule has 0 aliphatic rings. The number of nitrogens with one attached hydrogen (secondary N) is 1. The Kier molecular flexibility index (Phi) is 7.70. The number of amides is 1. The van der Waals surface area contributed by atoms with Crippen molar-refractivity contribution in [1.29, 1.82) is 0 Å². The monoisotopic (exact) mass is 358 g/mol. The molecule has 2 rings (SSSR count). The van der Waals surface area contributed by atoms with Gasteiger partial charge in [0.1, 0.15) is 18.1 Å². The molecule has 5 nitrogen and oxygen atoms in total. The number of carbonyl (C=O) groups is 1. The van der Waals surface area contributed by atoms with Gasteiger partial charge >= 0.3 is 0 Å². The lowest BCUT2D eigenvalue weighted by atomic mass is 9.99. The number of benzene rings is 1. The van der Waals surface area contributed by atoms with Crippen molar-refractivity contribution in [2.75, 3.05) is 6.54 Å². The van der Waals surface area contributed by atoms with Gasteiger partial charge in [0.15, 0.2) is 0 Å². The third-order valence-corrected chi connectivity index (χ3v) is 4.78. The first-order valence-electron chi connectivity index (χ1n) is 9.48. The summed E-state index contributed by atoms with van der Waals surface area (Å²) in [6.07, 6.45) is 4.61. The molecule has 0 spiro atoms. The Morgan fingerprint density at radius 2 is 2.04 bits per heavy atom. The van der Waals surface area contributed by atoms with Gasteiger partial charge in [-0.2, -0.15) is 0 Å². The molecule has 1 atom stereocenters. The number of aromatic nitrogens is 1. The SMILES string of the molecule is CCCCC(CC)CNC(=O)c1ccccc1OCc1c(C)noc1C. The average molecular weight is 358 g/mol. The molecule has 0 fully saturated rings. The van der Waals surface area contributed by atoms with Crippen molar-refractivity contribution in [3.8, 4) is 5.75 Å². The molecule has 0 aliphatic heterocycles. The number of hydrogen-bond donors (Lipinski definition) is 1. The molecular weight excluding hydrogens is 328 g/mol. The number of para-hydroxylation sites is 1. The molecular formula is C21H30N2O3. The summed E-state index contributed by atoms with van der Waals surface area (Å²) in [6.45, 7) is 9.14. The summed E-state index contributed by atoms with van der Waals surface area (Å²) < 4.78 is 11.1. The van der Waals surface area contributed by atoms with Crippen LogP contribution in [-0.2, 0) is 6.61 Å². The summed E-state index contributed by atoms with van der Waals surface area (Å²) in [5, 5.41) is 7.00. The Balaban J connectivity index is 2.00. The molecule has 5 heteroatoms. The number of carbonyl (C=O) groups excluding carboxylic acids is 1. The Labute approximate surface area is 156 Å². The van der Waals surface area contributed by atoms with Crippen LogP contribution in [0.15, 0.2) is 28.8 Å². The van der Waals surface area contributed by atoms with Crippen LogP contribution in [0, 0.1) is 19.8 Å². The molecule has 1 unspecified atom stereocenters. The van der Waals surface area contributed by atoms with E-state index >= 15 is 0 Å². The number of nitrogens with zero attached hydrogens (tertiary/aromatic N) is 1. The minimum Gasteiger partial charge on any atom is -0.488 e. The lowest BCUT2D eigenvalue weighted by Crippen LogP contribution is -2.29. The second-order valence-electron chi connectivity index (χ2n) is 6.71. The highest BCUT2D eigenvalue weighted by atomic mass is 16.5. The summed E-state index contributed by atoms with van der Waals surface area (Å²) in [5.74, 6) is 1.75. The molecule has 1 aromatic heterocycles. The fourth-order valence-corrected chi connectivity index (χ4v) is 2.91. The van der Waals surface area contributed by atoms with Gasteiger partial charge < -0.3 is 14.6 Å². The van der Waals surface area contributed by atoms with Gasteiger partial charge in [-0.05, 0) is 38.3 Å². The largest absolute Gasteiger partial charge is 0.488 e. The second-order valence-corrected chi connectivity index (χ2v) is 6.71. The van der Waals surface area contributed by atoms with E-state index in [1.165, 1.54) is 12.8 Å². The molecule has 1 N–H and O–H groups in total. The van der Waals surface area contributed by atoms with E-state index in [2.05, 4.69) is 24.3 Å². The highest BCUT2D eigenvalue weighted by molar-refractivity contribution is 5.96. The number of aryl methyl sites for hydroxylation is 2. The molecule has 0 bridgehead atoms. The Morgan fingerprint density at radius 1 is 1.27 bits per heavy atom. The van der Waals surface area contributed by atoms with E-state index in [0.717, 1.165) is 29.9 Å². The van der Waals surface area contributed by atoms with Crippen LogP contribution in [0.4, 0.5) is 0 Å². The first kappa shape index (κ1) is 20.0. The lowest BCUT2D eigenvalue weighted by molar-refractivity contribution is 0.0941. The zero-order valence-corrected chi connectivity index (χ0v) is 16.3. The lowest BCUT2D eigenvalue weighted by Gasteiger charge is -2.16. The molecule has 142 valence electrons. The molecule has 26 heavy (non-hydrogen) atoms. The van der Waals surface area contributed by atoms with Crippen LogP contribution in [0.3, 0.4) is 0 Å². The molecule has 0 aliphatic carbocycles. The molecule has 0 saturated carbocycles. The number of unbranched alkanes of at least 4 members (excludes halogenated alkanes) is 1. The first-order chi connectivity index (χ1) is 12.6. The van der Waals surface area contributed by atoms with Crippen molar-refractivity contribution in [3.63, 3.8) is 0 Å². The van der Waals surface area contributed by atoms with E-state index in [4.69, 9.17) is 9.26 Å². The highest BCUT2D eigenvalue weighted by Gasteiger charge is 2.16. The van der Waals surface area contributed by atoms with Gasteiger partial charge in [0, 0.05) is 6.54 Å². The fourth-order valence-electron chi connectivity index (χ4n) is 2.91. The zero-order chi connectivity index (χ0) is 18.9. The van der Waals surface area contributed by atoms with Crippen LogP contribution in [0.5, 0.6) is 5.75 Å². The Hall–Kier alpha value is -2.30. The van der Waals surface area contributed by atoms with Gasteiger partial charge in [0.25, 0.3) is 5.91 Å². The van der Waals surface area contributed by atoms with Gasteiger partial charge in [-0.3, -0.25) is 4.79 Å². The predicted octanol–water partition coefficient (Wildman–Crippen LogP) is 4.82. The summed E-state index contributed by atoms with van der Waals surface area (Å²) in [5.41, 5.74) is 2.29. The maximum atomic E-state index is 12.6. The summed E-state index contributed by atoms with van der Waals surface area (Å²) in [7, 11) is 0. The van der Waals surface area contributed by atoms with Crippen LogP contribution in [0.1, 0.15) is 66.9 Å². The van der Waals surface area contributed by atoms with E-state index in [9.17, 15) is 4.79 Å². The van der Waals surface area contributed by atoms with Crippen LogP contribution < -0.4 is 10.1 Å². The van der Waals surface area contributed by atoms with E-state index < -0.39 is 0 Å². The van der Waals surface area contributed by atoms with Crippen molar-refractivity contribution in [2.24, 2.45) is 5.92 Å². The maximum Gasteiger partial charge on any atom is 0.255 e. The van der Waals surface area contributed by atoms with Crippen molar-refractivity contribution >= 4 is 5.91 Å². The van der Waals surface area contributed by atoms with Crippen molar-refractivity contribution in [3.05, 3.63) is 46.8 Å². The van der Waals surface area contributed by atoms with Crippen molar-refractivity contribution < 1.29 is 14.1 Å². The fraction of sp³-hybridized carbons (Fsp3) is 0.524. The summed E-state index contributed by atoms with van der Waals surface area (Å²) in [4.78, 5) is 12.6.